The van der Waals surface area contributed by atoms with Crippen molar-refractivity contribution in [3.05, 3.63) is 16.6 Å². The number of hydrogen-bond donors (Lipinski definition) is 1. The first kappa shape index (κ1) is 11.7. The van der Waals surface area contributed by atoms with Crippen LogP contribution in [-0.2, 0) is 6.42 Å². The summed E-state index contributed by atoms with van der Waals surface area (Å²) in [6, 6.07) is 0. The first-order valence-corrected chi connectivity index (χ1v) is 5.99. The highest BCUT2D eigenvalue weighted by molar-refractivity contribution is 7.09. The lowest BCUT2D eigenvalue weighted by Gasteiger charge is -2.23. The minimum absolute atomic E-state index is 0.219. The number of aromatic nitrogens is 1. The maximum absolute atomic E-state index is 4.29. The minimum Gasteiger partial charge on any atom is -0.312 e. The highest BCUT2D eigenvalue weighted by Gasteiger charge is 2.11. The number of thiazole rings is 1. The van der Waals surface area contributed by atoms with Crippen molar-refractivity contribution in [3.63, 3.8) is 0 Å². The zero-order chi connectivity index (χ0) is 10.6. The van der Waals surface area contributed by atoms with Crippen LogP contribution in [0.1, 0.15) is 32.7 Å². The van der Waals surface area contributed by atoms with E-state index in [2.05, 4.69) is 38.0 Å². The van der Waals surface area contributed by atoms with Gasteiger partial charge in [-0.15, -0.1) is 11.3 Å². The fourth-order valence-corrected chi connectivity index (χ4v) is 1.99. The van der Waals surface area contributed by atoms with E-state index in [9.17, 15) is 0 Å². The Morgan fingerprint density at radius 1 is 1.50 bits per heavy atom. The predicted molar refractivity (Wildman–Crippen MR) is 62.7 cm³/mol. The van der Waals surface area contributed by atoms with Gasteiger partial charge in [0.15, 0.2) is 0 Å². The summed E-state index contributed by atoms with van der Waals surface area (Å²) in [6.07, 6.45) is 2.96. The van der Waals surface area contributed by atoms with Crippen molar-refractivity contribution < 1.29 is 0 Å². The van der Waals surface area contributed by atoms with Crippen LogP contribution in [0.2, 0.25) is 0 Å². The largest absolute Gasteiger partial charge is 0.312 e. The Morgan fingerprint density at radius 3 is 2.71 bits per heavy atom. The lowest BCUT2D eigenvalue weighted by atomic mass is 10.0. The van der Waals surface area contributed by atoms with Gasteiger partial charge >= 0.3 is 0 Å². The molecule has 0 aliphatic rings. The van der Waals surface area contributed by atoms with Crippen molar-refractivity contribution in [1.82, 2.24) is 10.3 Å². The Hall–Kier alpha value is -0.410. The smallest absolute Gasteiger partial charge is 0.0927 e. The number of nitrogens with one attached hydrogen (secondary N) is 1. The van der Waals surface area contributed by atoms with E-state index in [0.717, 1.165) is 13.0 Å². The molecule has 14 heavy (non-hydrogen) atoms. The van der Waals surface area contributed by atoms with Gasteiger partial charge in [0.25, 0.3) is 0 Å². The monoisotopic (exact) mass is 212 g/mol. The summed E-state index contributed by atoms with van der Waals surface area (Å²) in [6.45, 7) is 9.92. The molecule has 0 bridgehead atoms. The predicted octanol–water partition coefficient (Wildman–Crippen LogP) is 2.71. The molecule has 0 aliphatic carbocycles. The van der Waals surface area contributed by atoms with E-state index < -0.39 is 0 Å². The Balaban J connectivity index is 2.26. The summed E-state index contributed by atoms with van der Waals surface area (Å²) in [4.78, 5) is 4.29. The number of hydrogen-bond acceptors (Lipinski definition) is 3. The molecule has 1 atom stereocenters. The zero-order valence-corrected chi connectivity index (χ0v) is 10.3. The average molecular weight is 212 g/mol. The van der Waals surface area contributed by atoms with Crippen molar-refractivity contribution in [3.8, 4) is 0 Å². The molecule has 0 aromatic carbocycles. The van der Waals surface area contributed by atoms with Gasteiger partial charge < -0.3 is 5.32 Å². The molecular formula is C11H20N2S. The van der Waals surface area contributed by atoms with Crippen molar-refractivity contribution in [2.45, 2.75) is 39.7 Å². The van der Waals surface area contributed by atoms with Crippen LogP contribution < -0.4 is 5.32 Å². The Labute approximate surface area is 90.8 Å². The first-order valence-electron chi connectivity index (χ1n) is 5.11. The van der Waals surface area contributed by atoms with Crippen LogP contribution in [0.3, 0.4) is 0 Å². The Morgan fingerprint density at radius 2 is 2.21 bits per heavy atom. The van der Waals surface area contributed by atoms with Gasteiger partial charge in [-0.05, 0) is 33.2 Å². The second kappa shape index (κ2) is 4.89. The van der Waals surface area contributed by atoms with Crippen molar-refractivity contribution in [2.24, 2.45) is 5.92 Å². The van der Waals surface area contributed by atoms with Crippen molar-refractivity contribution in [1.29, 1.82) is 0 Å². The van der Waals surface area contributed by atoms with E-state index in [1.165, 1.54) is 5.01 Å². The summed E-state index contributed by atoms with van der Waals surface area (Å²) >= 11 is 1.75. The van der Waals surface area contributed by atoms with Crippen LogP contribution in [0.5, 0.6) is 0 Å². The SMILES string of the molecule is CC(CNC(C)(C)C)Cc1nccs1. The van der Waals surface area contributed by atoms with E-state index >= 15 is 0 Å². The van der Waals surface area contributed by atoms with Crippen LogP contribution in [0, 0.1) is 5.92 Å². The fourth-order valence-electron chi connectivity index (χ4n) is 1.20. The third-order valence-electron chi connectivity index (χ3n) is 1.99. The molecule has 0 aliphatic heterocycles. The molecule has 1 heterocycles. The molecule has 0 saturated heterocycles. The first-order chi connectivity index (χ1) is 6.47. The van der Waals surface area contributed by atoms with Gasteiger partial charge in [-0.1, -0.05) is 6.92 Å². The fraction of sp³-hybridized carbons (Fsp3) is 0.727. The molecule has 0 radical (unpaired) electrons. The van der Waals surface area contributed by atoms with E-state index in [4.69, 9.17) is 0 Å². The molecule has 1 N–H and O–H groups in total. The van der Waals surface area contributed by atoms with E-state index in [0.29, 0.717) is 5.92 Å². The molecule has 0 spiro atoms. The second-order valence-corrected chi connectivity index (χ2v) is 5.85. The molecule has 1 unspecified atom stereocenters. The van der Waals surface area contributed by atoms with Gasteiger partial charge in [0.1, 0.15) is 0 Å². The van der Waals surface area contributed by atoms with Gasteiger partial charge in [0, 0.05) is 23.5 Å². The topological polar surface area (TPSA) is 24.9 Å². The third-order valence-corrected chi connectivity index (χ3v) is 2.79. The van der Waals surface area contributed by atoms with Crippen molar-refractivity contribution >= 4 is 11.3 Å². The summed E-state index contributed by atoms with van der Waals surface area (Å²) < 4.78 is 0. The lowest BCUT2D eigenvalue weighted by Crippen LogP contribution is -2.38. The van der Waals surface area contributed by atoms with Crippen molar-refractivity contribution in [2.75, 3.05) is 6.54 Å². The molecule has 80 valence electrons. The molecular weight excluding hydrogens is 192 g/mol. The normalized spacial score (nSPS) is 14.3. The van der Waals surface area contributed by atoms with Crippen LogP contribution in [-0.4, -0.2) is 17.1 Å². The molecule has 0 saturated carbocycles. The molecule has 1 rings (SSSR count). The maximum atomic E-state index is 4.29. The highest BCUT2D eigenvalue weighted by Crippen LogP contribution is 2.11. The zero-order valence-electron chi connectivity index (χ0n) is 9.50. The van der Waals surface area contributed by atoms with Gasteiger partial charge in [-0.3, -0.25) is 0 Å². The highest BCUT2D eigenvalue weighted by atomic mass is 32.1. The molecule has 0 amide bonds. The van der Waals surface area contributed by atoms with Gasteiger partial charge in [0.2, 0.25) is 0 Å². The Bertz CT molecular complexity index is 249. The average Bonchev–Trinajstić information content (AvgIpc) is 2.52. The summed E-state index contributed by atoms with van der Waals surface area (Å²) in [7, 11) is 0. The summed E-state index contributed by atoms with van der Waals surface area (Å²) in [5, 5.41) is 6.80. The summed E-state index contributed by atoms with van der Waals surface area (Å²) in [5.41, 5.74) is 0.219. The van der Waals surface area contributed by atoms with E-state index in [-0.39, 0.29) is 5.54 Å². The van der Waals surface area contributed by atoms with Crippen LogP contribution in [0.4, 0.5) is 0 Å². The van der Waals surface area contributed by atoms with Gasteiger partial charge in [-0.25, -0.2) is 4.98 Å². The molecule has 2 nitrogen and oxygen atoms in total. The molecule has 1 aromatic rings. The van der Waals surface area contributed by atoms with Crippen LogP contribution in [0.25, 0.3) is 0 Å². The molecule has 1 aromatic heterocycles. The maximum Gasteiger partial charge on any atom is 0.0927 e. The second-order valence-electron chi connectivity index (χ2n) is 4.87. The van der Waals surface area contributed by atoms with Crippen LogP contribution >= 0.6 is 11.3 Å². The standard InChI is InChI=1S/C11H20N2S/c1-9(8-13-11(2,3)4)7-10-12-5-6-14-10/h5-6,9,13H,7-8H2,1-4H3. The molecule has 3 heteroatoms. The third kappa shape index (κ3) is 4.72. The Kier molecular flexibility index (Phi) is 4.08. The lowest BCUT2D eigenvalue weighted by molar-refractivity contribution is 0.381. The van der Waals surface area contributed by atoms with Gasteiger partial charge in [0.05, 0.1) is 5.01 Å². The number of rotatable bonds is 4. The number of nitrogens with zero attached hydrogens (tertiary/aromatic N) is 1. The molecule has 0 fully saturated rings. The van der Waals surface area contributed by atoms with E-state index in [1.807, 2.05) is 11.6 Å². The quantitative estimate of drug-likeness (QED) is 0.830. The van der Waals surface area contributed by atoms with Gasteiger partial charge in [-0.2, -0.15) is 0 Å². The van der Waals surface area contributed by atoms with Crippen LogP contribution in [0.15, 0.2) is 11.6 Å². The van der Waals surface area contributed by atoms with E-state index in [1.54, 1.807) is 11.3 Å². The summed E-state index contributed by atoms with van der Waals surface area (Å²) in [5.74, 6) is 0.653. The minimum atomic E-state index is 0.219.